The highest BCUT2D eigenvalue weighted by Gasteiger charge is 2.39. The van der Waals surface area contributed by atoms with E-state index in [-0.39, 0.29) is 5.56 Å². The number of carboxylic acids is 1. The Labute approximate surface area is 105 Å². The molecular formula is C13H18O5. The monoisotopic (exact) mass is 254 g/mol. The van der Waals surface area contributed by atoms with Crippen LogP contribution in [0.4, 0.5) is 0 Å². The van der Waals surface area contributed by atoms with Gasteiger partial charge in [-0.3, -0.25) is 4.79 Å². The standard InChI is InChI=1S/C13H18O5/c1-8(2)7-9-3-5-10(6-4-9)11(12(14)15)13(16,17)18/h3-6,8,11,16-18H,7H2,1-2H3,(H,14,15). The average Bonchev–Trinajstić information content (AvgIpc) is 2.17. The molecule has 0 spiro atoms. The zero-order chi connectivity index (χ0) is 13.9. The summed E-state index contributed by atoms with van der Waals surface area (Å²) in [4.78, 5) is 10.9. The smallest absolute Gasteiger partial charge is 0.319 e. The summed E-state index contributed by atoms with van der Waals surface area (Å²) < 4.78 is 0. The van der Waals surface area contributed by atoms with Gasteiger partial charge in [0.1, 0.15) is 0 Å². The molecule has 5 heteroatoms. The van der Waals surface area contributed by atoms with Gasteiger partial charge >= 0.3 is 5.97 Å². The third-order valence-corrected chi connectivity index (χ3v) is 2.59. The molecule has 0 amide bonds. The first-order valence-electron chi connectivity index (χ1n) is 5.70. The SMILES string of the molecule is CC(C)Cc1ccc(C(C(=O)O)C(O)(O)O)cc1. The van der Waals surface area contributed by atoms with E-state index in [9.17, 15) is 4.79 Å². The van der Waals surface area contributed by atoms with Gasteiger partial charge < -0.3 is 20.4 Å². The minimum atomic E-state index is -3.27. The van der Waals surface area contributed by atoms with Gasteiger partial charge in [-0.05, 0) is 23.5 Å². The van der Waals surface area contributed by atoms with Crippen molar-refractivity contribution in [3.63, 3.8) is 0 Å². The summed E-state index contributed by atoms with van der Waals surface area (Å²) >= 11 is 0. The molecule has 4 N–H and O–H groups in total. The van der Waals surface area contributed by atoms with Gasteiger partial charge in [0, 0.05) is 0 Å². The summed E-state index contributed by atoms with van der Waals surface area (Å²) in [7, 11) is 0. The van der Waals surface area contributed by atoms with Crippen molar-refractivity contribution in [1.29, 1.82) is 0 Å². The minimum Gasteiger partial charge on any atom is -0.481 e. The molecular weight excluding hydrogens is 236 g/mol. The van der Waals surface area contributed by atoms with Gasteiger partial charge in [0.15, 0.2) is 5.92 Å². The molecule has 1 unspecified atom stereocenters. The Morgan fingerprint density at radius 2 is 1.67 bits per heavy atom. The van der Waals surface area contributed by atoms with Crippen molar-refractivity contribution in [2.24, 2.45) is 5.92 Å². The summed E-state index contributed by atoms with van der Waals surface area (Å²) in [5.41, 5.74) is 1.17. The lowest BCUT2D eigenvalue weighted by Crippen LogP contribution is -2.40. The van der Waals surface area contributed by atoms with Gasteiger partial charge in [-0.25, -0.2) is 0 Å². The first-order chi connectivity index (χ1) is 8.21. The van der Waals surface area contributed by atoms with E-state index in [2.05, 4.69) is 13.8 Å². The Morgan fingerprint density at radius 3 is 2.00 bits per heavy atom. The van der Waals surface area contributed by atoms with Crippen LogP contribution < -0.4 is 0 Å². The number of rotatable bonds is 5. The summed E-state index contributed by atoms with van der Waals surface area (Å²) in [6.45, 7) is 4.13. The fourth-order valence-corrected chi connectivity index (χ4v) is 1.85. The van der Waals surface area contributed by atoms with Gasteiger partial charge in [0.05, 0.1) is 0 Å². The lowest BCUT2D eigenvalue weighted by atomic mass is 9.94. The van der Waals surface area contributed by atoms with Crippen LogP contribution in [0.2, 0.25) is 0 Å². The van der Waals surface area contributed by atoms with Crippen molar-refractivity contribution in [2.45, 2.75) is 32.2 Å². The Balaban J connectivity index is 2.98. The highest BCUT2D eigenvalue weighted by Crippen LogP contribution is 2.25. The maximum atomic E-state index is 10.9. The highest BCUT2D eigenvalue weighted by molar-refractivity contribution is 5.77. The number of aliphatic hydroxyl groups is 3. The number of aliphatic carboxylic acids is 1. The van der Waals surface area contributed by atoms with Crippen molar-refractivity contribution >= 4 is 5.97 Å². The van der Waals surface area contributed by atoms with Crippen LogP contribution in [0, 0.1) is 5.92 Å². The molecule has 0 heterocycles. The first-order valence-corrected chi connectivity index (χ1v) is 5.70. The third-order valence-electron chi connectivity index (χ3n) is 2.59. The second kappa shape index (κ2) is 5.48. The van der Waals surface area contributed by atoms with E-state index in [1.165, 1.54) is 12.1 Å². The molecule has 0 aliphatic heterocycles. The molecule has 0 radical (unpaired) electrons. The molecule has 1 aromatic rings. The van der Waals surface area contributed by atoms with E-state index in [1.807, 2.05) is 0 Å². The maximum absolute atomic E-state index is 10.9. The predicted molar refractivity (Wildman–Crippen MR) is 64.7 cm³/mol. The van der Waals surface area contributed by atoms with Crippen LogP contribution in [0.15, 0.2) is 24.3 Å². The Hall–Kier alpha value is -1.43. The molecule has 0 aliphatic rings. The molecule has 1 aromatic carbocycles. The van der Waals surface area contributed by atoms with Gasteiger partial charge in [-0.2, -0.15) is 0 Å². The van der Waals surface area contributed by atoms with Crippen molar-refractivity contribution in [2.75, 3.05) is 0 Å². The second-order valence-electron chi connectivity index (χ2n) is 4.80. The zero-order valence-corrected chi connectivity index (χ0v) is 10.4. The van der Waals surface area contributed by atoms with Crippen LogP contribution in [0.5, 0.6) is 0 Å². The van der Waals surface area contributed by atoms with Crippen LogP contribution in [-0.4, -0.2) is 32.4 Å². The number of hydrogen-bond acceptors (Lipinski definition) is 4. The molecule has 0 fully saturated rings. The third kappa shape index (κ3) is 3.80. The van der Waals surface area contributed by atoms with E-state index >= 15 is 0 Å². The van der Waals surface area contributed by atoms with Crippen LogP contribution in [0.25, 0.3) is 0 Å². The largest absolute Gasteiger partial charge is 0.481 e. The predicted octanol–water partition coefficient (Wildman–Crippen LogP) is 0.684. The number of carboxylic acid groups (broad SMARTS) is 1. The first kappa shape index (κ1) is 14.6. The summed E-state index contributed by atoms with van der Waals surface area (Å²) in [5.74, 6) is -6.09. The average molecular weight is 254 g/mol. The van der Waals surface area contributed by atoms with E-state index < -0.39 is 17.9 Å². The molecule has 100 valence electrons. The molecule has 1 atom stereocenters. The number of benzene rings is 1. The lowest BCUT2D eigenvalue weighted by molar-refractivity contribution is -0.321. The molecule has 5 nitrogen and oxygen atoms in total. The lowest BCUT2D eigenvalue weighted by Gasteiger charge is -2.22. The van der Waals surface area contributed by atoms with Gasteiger partial charge in [0.25, 0.3) is 5.97 Å². The molecule has 0 aliphatic carbocycles. The Morgan fingerprint density at radius 1 is 1.17 bits per heavy atom. The van der Waals surface area contributed by atoms with Gasteiger partial charge in [-0.1, -0.05) is 38.1 Å². The summed E-state index contributed by atoms with van der Waals surface area (Å²) in [6.07, 6.45) is 0.848. The normalized spacial score (nSPS) is 13.7. The fraction of sp³-hybridized carbons (Fsp3) is 0.462. The molecule has 0 saturated carbocycles. The van der Waals surface area contributed by atoms with Crippen molar-refractivity contribution in [3.05, 3.63) is 35.4 Å². The molecule has 18 heavy (non-hydrogen) atoms. The van der Waals surface area contributed by atoms with E-state index in [0.717, 1.165) is 12.0 Å². The Kier molecular flexibility index (Phi) is 4.45. The van der Waals surface area contributed by atoms with Crippen LogP contribution in [0.3, 0.4) is 0 Å². The Bertz CT molecular complexity index is 402. The van der Waals surface area contributed by atoms with Crippen molar-refractivity contribution in [1.82, 2.24) is 0 Å². The topological polar surface area (TPSA) is 98.0 Å². The minimum absolute atomic E-state index is 0.141. The van der Waals surface area contributed by atoms with E-state index in [0.29, 0.717) is 5.92 Å². The van der Waals surface area contributed by atoms with Gasteiger partial charge in [-0.15, -0.1) is 0 Å². The number of carbonyl (C=O) groups is 1. The second-order valence-corrected chi connectivity index (χ2v) is 4.80. The van der Waals surface area contributed by atoms with Crippen LogP contribution >= 0.6 is 0 Å². The summed E-state index contributed by atoms with van der Waals surface area (Å²) in [5, 5.41) is 36.0. The molecule has 0 aromatic heterocycles. The quantitative estimate of drug-likeness (QED) is 0.579. The van der Waals surface area contributed by atoms with Crippen LogP contribution in [0.1, 0.15) is 30.9 Å². The van der Waals surface area contributed by atoms with Crippen molar-refractivity contribution < 1.29 is 25.2 Å². The number of hydrogen-bond donors (Lipinski definition) is 4. The van der Waals surface area contributed by atoms with Crippen LogP contribution in [-0.2, 0) is 11.2 Å². The highest BCUT2D eigenvalue weighted by atomic mass is 16.7. The fourth-order valence-electron chi connectivity index (χ4n) is 1.85. The van der Waals surface area contributed by atoms with E-state index in [1.54, 1.807) is 12.1 Å². The molecule has 0 bridgehead atoms. The van der Waals surface area contributed by atoms with E-state index in [4.69, 9.17) is 20.4 Å². The summed E-state index contributed by atoms with van der Waals surface area (Å²) in [6, 6.07) is 6.40. The molecule has 0 saturated heterocycles. The molecule has 1 rings (SSSR count). The van der Waals surface area contributed by atoms with Crippen molar-refractivity contribution in [3.8, 4) is 0 Å². The van der Waals surface area contributed by atoms with Gasteiger partial charge in [0.2, 0.25) is 0 Å². The zero-order valence-electron chi connectivity index (χ0n) is 10.4. The maximum Gasteiger partial charge on any atom is 0.319 e.